The molecule has 0 aromatic heterocycles. The molecule has 20 heavy (non-hydrogen) atoms. The maximum atomic E-state index is 10.8. The number of benzene rings is 1. The fourth-order valence-corrected chi connectivity index (χ4v) is 3.70. The van der Waals surface area contributed by atoms with Gasteiger partial charge in [-0.1, -0.05) is 19.9 Å². The molecule has 1 aliphatic heterocycles. The van der Waals surface area contributed by atoms with Crippen molar-refractivity contribution in [1.29, 1.82) is 0 Å². The Morgan fingerprint density at radius 1 is 1.20 bits per heavy atom. The zero-order chi connectivity index (χ0) is 14.3. The molecule has 1 aliphatic carbocycles. The summed E-state index contributed by atoms with van der Waals surface area (Å²) in [4.78, 5) is 2.49. The third-order valence-corrected chi connectivity index (χ3v) is 5.23. The van der Waals surface area contributed by atoms with Crippen molar-refractivity contribution < 1.29 is 9.84 Å². The average molecular weight is 275 g/mol. The molecule has 2 aliphatic rings. The van der Waals surface area contributed by atoms with Gasteiger partial charge in [-0.3, -0.25) is 4.90 Å². The van der Waals surface area contributed by atoms with Crippen LogP contribution in [0.25, 0.3) is 0 Å². The predicted molar refractivity (Wildman–Crippen MR) is 80.0 cm³/mol. The van der Waals surface area contributed by atoms with Crippen LogP contribution in [0, 0.1) is 11.8 Å². The first-order valence-corrected chi connectivity index (χ1v) is 7.69. The third kappa shape index (κ3) is 2.33. The van der Waals surface area contributed by atoms with Crippen molar-refractivity contribution in [2.45, 2.75) is 38.8 Å². The Balaban J connectivity index is 1.83. The Hall–Kier alpha value is -1.06. The van der Waals surface area contributed by atoms with Crippen LogP contribution < -0.4 is 4.74 Å². The van der Waals surface area contributed by atoms with Gasteiger partial charge in [0, 0.05) is 19.1 Å². The van der Waals surface area contributed by atoms with Gasteiger partial charge in [0.2, 0.25) is 0 Å². The van der Waals surface area contributed by atoms with E-state index in [0.717, 1.165) is 49.1 Å². The van der Waals surface area contributed by atoms with Crippen molar-refractivity contribution in [3.8, 4) is 5.75 Å². The Bertz CT molecular complexity index is 478. The van der Waals surface area contributed by atoms with Crippen molar-refractivity contribution >= 4 is 0 Å². The van der Waals surface area contributed by atoms with Crippen LogP contribution in [0.5, 0.6) is 5.75 Å². The SMILES string of the molecule is COc1ccc2c(c1)C(O)C(N1CC(C)C(C)C1)CC2. The number of fused-ring (bicyclic) bond motifs is 1. The normalized spacial score (nSPS) is 34.0. The lowest BCUT2D eigenvalue weighted by Gasteiger charge is -2.36. The van der Waals surface area contributed by atoms with Crippen LogP contribution >= 0.6 is 0 Å². The van der Waals surface area contributed by atoms with Gasteiger partial charge in [0.15, 0.2) is 0 Å². The second-order valence-corrected chi connectivity index (χ2v) is 6.52. The summed E-state index contributed by atoms with van der Waals surface area (Å²) in [7, 11) is 1.68. The molecule has 1 saturated heterocycles. The quantitative estimate of drug-likeness (QED) is 0.900. The number of aliphatic hydroxyl groups is 1. The summed E-state index contributed by atoms with van der Waals surface area (Å²) >= 11 is 0. The molecule has 110 valence electrons. The molecule has 1 aromatic carbocycles. The molecule has 0 bridgehead atoms. The van der Waals surface area contributed by atoms with Gasteiger partial charge in [0.25, 0.3) is 0 Å². The Morgan fingerprint density at radius 2 is 1.90 bits per heavy atom. The first-order chi connectivity index (χ1) is 9.60. The zero-order valence-corrected chi connectivity index (χ0v) is 12.7. The van der Waals surface area contributed by atoms with E-state index in [9.17, 15) is 5.11 Å². The minimum Gasteiger partial charge on any atom is -0.497 e. The summed E-state index contributed by atoms with van der Waals surface area (Å²) < 4.78 is 5.30. The number of ether oxygens (including phenoxy) is 1. The van der Waals surface area contributed by atoms with E-state index in [0.29, 0.717) is 0 Å². The molecule has 1 heterocycles. The van der Waals surface area contributed by atoms with E-state index in [2.05, 4.69) is 24.8 Å². The molecule has 1 aromatic rings. The fraction of sp³-hybridized carbons (Fsp3) is 0.647. The number of hydrogen-bond acceptors (Lipinski definition) is 3. The van der Waals surface area contributed by atoms with Gasteiger partial charge in [0.1, 0.15) is 5.75 Å². The summed E-state index contributed by atoms with van der Waals surface area (Å²) in [5, 5.41) is 10.8. The lowest BCUT2D eigenvalue weighted by Crippen LogP contribution is -2.41. The minimum atomic E-state index is -0.383. The highest BCUT2D eigenvalue weighted by Crippen LogP contribution is 2.37. The molecular weight excluding hydrogens is 250 g/mol. The standard InChI is InChI=1S/C17H25NO2/c1-11-9-18(10-12(11)2)16-7-5-13-4-6-14(20-3)8-15(13)17(16)19/h4,6,8,11-12,16-17,19H,5,7,9-10H2,1-3H3. The van der Waals surface area contributed by atoms with E-state index in [-0.39, 0.29) is 12.1 Å². The fourth-order valence-electron chi connectivity index (χ4n) is 3.70. The van der Waals surface area contributed by atoms with Gasteiger partial charge < -0.3 is 9.84 Å². The van der Waals surface area contributed by atoms with Crippen LogP contribution in [-0.4, -0.2) is 36.2 Å². The molecule has 0 amide bonds. The van der Waals surface area contributed by atoms with Crippen LogP contribution in [0.2, 0.25) is 0 Å². The molecule has 4 unspecified atom stereocenters. The van der Waals surface area contributed by atoms with Gasteiger partial charge >= 0.3 is 0 Å². The zero-order valence-electron chi connectivity index (χ0n) is 12.7. The number of rotatable bonds is 2. The van der Waals surface area contributed by atoms with Crippen molar-refractivity contribution in [2.24, 2.45) is 11.8 Å². The highest BCUT2D eigenvalue weighted by atomic mass is 16.5. The Kier molecular flexibility index (Phi) is 3.74. The van der Waals surface area contributed by atoms with Gasteiger partial charge in [-0.15, -0.1) is 0 Å². The monoisotopic (exact) mass is 275 g/mol. The van der Waals surface area contributed by atoms with Crippen LogP contribution in [0.15, 0.2) is 18.2 Å². The van der Waals surface area contributed by atoms with Crippen LogP contribution in [0.4, 0.5) is 0 Å². The molecule has 3 nitrogen and oxygen atoms in total. The number of nitrogens with zero attached hydrogens (tertiary/aromatic N) is 1. The van der Waals surface area contributed by atoms with Crippen molar-refractivity contribution in [2.75, 3.05) is 20.2 Å². The van der Waals surface area contributed by atoms with E-state index >= 15 is 0 Å². The van der Waals surface area contributed by atoms with Crippen LogP contribution in [-0.2, 0) is 6.42 Å². The molecule has 0 spiro atoms. The third-order valence-electron chi connectivity index (χ3n) is 5.23. The van der Waals surface area contributed by atoms with Gasteiger partial charge in [0.05, 0.1) is 13.2 Å². The first-order valence-electron chi connectivity index (χ1n) is 7.69. The lowest BCUT2D eigenvalue weighted by molar-refractivity contribution is 0.0459. The summed E-state index contributed by atoms with van der Waals surface area (Å²) in [5.74, 6) is 2.30. The number of likely N-dealkylation sites (tertiary alicyclic amines) is 1. The van der Waals surface area contributed by atoms with E-state index in [1.165, 1.54) is 5.56 Å². The first kappa shape index (κ1) is 13.9. The second-order valence-electron chi connectivity index (χ2n) is 6.52. The van der Waals surface area contributed by atoms with E-state index in [4.69, 9.17) is 4.74 Å². The maximum Gasteiger partial charge on any atom is 0.119 e. The van der Waals surface area contributed by atoms with Crippen molar-refractivity contribution in [3.05, 3.63) is 29.3 Å². The number of aryl methyl sites for hydroxylation is 1. The Morgan fingerprint density at radius 3 is 2.55 bits per heavy atom. The van der Waals surface area contributed by atoms with Gasteiger partial charge in [-0.2, -0.15) is 0 Å². The number of aliphatic hydroxyl groups excluding tert-OH is 1. The van der Waals surface area contributed by atoms with Crippen LogP contribution in [0.1, 0.15) is 37.5 Å². The van der Waals surface area contributed by atoms with Gasteiger partial charge in [-0.25, -0.2) is 0 Å². The van der Waals surface area contributed by atoms with Gasteiger partial charge in [-0.05, 0) is 47.9 Å². The number of methoxy groups -OCH3 is 1. The highest BCUT2D eigenvalue weighted by molar-refractivity contribution is 5.39. The predicted octanol–water partition coefficient (Wildman–Crippen LogP) is 2.63. The summed E-state index contributed by atoms with van der Waals surface area (Å²) in [5.41, 5.74) is 2.34. The molecular formula is C17H25NO2. The Labute approximate surface area is 121 Å². The second kappa shape index (κ2) is 5.38. The smallest absolute Gasteiger partial charge is 0.119 e. The molecule has 1 N–H and O–H groups in total. The molecule has 4 atom stereocenters. The average Bonchev–Trinajstić information content (AvgIpc) is 2.78. The summed E-state index contributed by atoms with van der Waals surface area (Å²) in [6, 6.07) is 6.37. The largest absolute Gasteiger partial charge is 0.497 e. The minimum absolute atomic E-state index is 0.266. The summed E-state index contributed by atoms with van der Waals surface area (Å²) in [6.07, 6.45) is 1.73. The molecule has 0 saturated carbocycles. The molecule has 1 fully saturated rings. The molecule has 3 rings (SSSR count). The highest BCUT2D eigenvalue weighted by Gasteiger charge is 2.37. The molecule has 0 radical (unpaired) electrons. The van der Waals surface area contributed by atoms with Crippen molar-refractivity contribution in [3.63, 3.8) is 0 Å². The van der Waals surface area contributed by atoms with Crippen LogP contribution in [0.3, 0.4) is 0 Å². The lowest BCUT2D eigenvalue weighted by atomic mass is 9.85. The molecule has 3 heteroatoms. The van der Waals surface area contributed by atoms with Crippen molar-refractivity contribution in [1.82, 2.24) is 4.90 Å². The topological polar surface area (TPSA) is 32.7 Å². The van der Waals surface area contributed by atoms with E-state index < -0.39 is 0 Å². The maximum absolute atomic E-state index is 10.8. The number of hydrogen-bond donors (Lipinski definition) is 1. The van der Waals surface area contributed by atoms with E-state index in [1.807, 2.05) is 12.1 Å². The van der Waals surface area contributed by atoms with E-state index in [1.54, 1.807) is 7.11 Å². The summed E-state index contributed by atoms with van der Waals surface area (Å²) in [6.45, 7) is 6.86.